The first-order valence-electron chi connectivity index (χ1n) is 9.05. The van der Waals surface area contributed by atoms with Crippen molar-refractivity contribution in [2.24, 2.45) is 0 Å². The Morgan fingerprint density at radius 3 is 2.17 bits per heavy atom. The number of ether oxygens (including phenoxy) is 2. The van der Waals surface area contributed by atoms with Crippen LogP contribution in [-0.2, 0) is 35.2 Å². The maximum absolute atomic E-state index is 5.70. The molecule has 2 aromatic rings. The van der Waals surface area contributed by atoms with Crippen molar-refractivity contribution < 1.29 is 9.47 Å². The van der Waals surface area contributed by atoms with Crippen LogP contribution in [0.25, 0.3) is 10.8 Å². The van der Waals surface area contributed by atoms with Gasteiger partial charge in [0.15, 0.2) is 0 Å². The third-order valence-electron chi connectivity index (χ3n) is 5.43. The lowest BCUT2D eigenvalue weighted by Gasteiger charge is -2.21. The van der Waals surface area contributed by atoms with Crippen molar-refractivity contribution >= 4 is 10.8 Å². The lowest BCUT2D eigenvalue weighted by atomic mass is 9.87. The molecule has 2 heteroatoms. The van der Waals surface area contributed by atoms with E-state index in [1.165, 1.54) is 33.0 Å². The predicted octanol–water partition coefficient (Wildman–Crippen LogP) is 4.16. The summed E-state index contributed by atoms with van der Waals surface area (Å²) >= 11 is 0. The van der Waals surface area contributed by atoms with Crippen molar-refractivity contribution in [3.8, 4) is 0 Å². The zero-order chi connectivity index (χ0) is 15.6. The van der Waals surface area contributed by atoms with Gasteiger partial charge in [0.25, 0.3) is 0 Å². The standard InChI is InChI=1S/C21H26O2/c1-15-20-7-11-23-9-3-5-18(20)13-19-12-16-4-2-8-22-10-6-17(16)14-21(15)19/h12-14H,2-11H2,1H3. The predicted molar refractivity (Wildman–Crippen MR) is 94.4 cm³/mol. The molecule has 2 nitrogen and oxygen atoms in total. The van der Waals surface area contributed by atoms with Gasteiger partial charge in [0.1, 0.15) is 0 Å². The third-order valence-corrected chi connectivity index (χ3v) is 5.43. The fourth-order valence-corrected chi connectivity index (χ4v) is 4.16. The van der Waals surface area contributed by atoms with Gasteiger partial charge in [-0.1, -0.05) is 18.2 Å². The summed E-state index contributed by atoms with van der Waals surface area (Å²) in [6.07, 6.45) is 6.68. The Morgan fingerprint density at radius 1 is 0.696 bits per heavy atom. The van der Waals surface area contributed by atoms with Crippen LogP contribution in [0.1, 0.15) is 40.7 Å². The average Bonchev–Trinajstić information content (AvgIpc) is 2.50. The molecule has 0 spiro atoms. The highest BCUT2D eigenvalue weighted by Crippen LogP contribution is 2.31. The maximum atomic E-state index is 5.70. The first-order valence-corrected chi connectivity index (χ1v) is 9.05. The molecule has 4 rings (SSSR count). The largest absolute Gasteiger partial charge is 0.381 e. The second-order valence-corrected chi connectivity index (χ2v) is 6.91. The third kappa shape index (κ3) is 3.02. The highest BCUT2D eigenvalue weighted by Gasteiger charge is 2.15. The SMILES string of the molecule is Cc1c2c(cc3cc4c(cc13)CCOCCC4)CCCOCC2. The lowest BCUT2D eigenvalue weighted by Crippen LogP contribution is -2.11. The van der Waals surface area contributed by atoms with Crippen LogP contribution in [-0.4, -0.2) is 26.4 Å². The Bertz CT molecular complexity index is 712. The first kappa shape index (κ1) is 15.2. The number of hydrogen-bond donors (Lipinski definition) is 0. The Kier molecular flexibility index (Phi) is 4.37. The summed E-state index contributed by atoms with van der Waals surface area (Å²) in [4.78, 5) is 0. The van der Waals surface area contributed by atoms with Crippen LogP contribution in [0.3, 0.4) is 0 Å². The number of fused-ring (bicyclic) bond motifs is 3. The van der Waals surface area contributed by atoms with Gasteiger partial charge in [0.05, 0.1) is 13.2 Å². The number of rotatable bonds is 0. The van der Waals surface area contributed by atoms with Crippen LogP contribution in [0.15, 0.2) is 18.2 Å². The van der Waals surface area contributed by atoms with Crippen molar-refractivity contribution in [3.05, 3.63) is 46.0 Å². The fourth-order valence-electron chi connectivity index (χ4n) is 4.16. The molecule has 0 bridgehead atoms. The Morgan fingerprint density at radius 2 is 1.35 bits per heavy atom. The van der Waals surface area contributed by atoms with Crippen molar-refractivity contribution in [1.29, 1.82) is 0 Å². The molecule has 0 aliphatic carbocycles. The van der Waals surface area contributed by atoms with Crippen LogP contribution >= 0.6 is 0 Å². The molecular formula is C21H26O2. The summed E-state index contributed by atoms with van der Waals surface area (Å²) in [6, 6.07) is 7.35. The van der Waals surface area contributed by atoms with Crippen molar-refractivity contribution in [1.82, 2.24) is 0 Å². The van der Waals surface area contributed by atoms with E-state index < -0.39 is 0 Å². The minimum atomic E-state index is 0.857. The van der Waals surface area contributed by atoms with Gasteiger partial charge in [-0.3, -0.25) is 0 Å². The second-order valence-electron chi connectivity index (χ2n) is 6.91. The van der Waals surface area contributed by atoms with Crippen LogP contribution in [0.4, 0.5) is 0 Å². The molecule has 0 unspecified atom stereocenters. The van der Waals surface area contributed by atoms with Crippen LogP contribution in [0, 0.1) is 6.92 Å². The van der Waals surface area contributed by atoms with E-state index in [0.717, 1.165) is 65.0 Å². The topological polar surface area (TPSA) is 18.5 Å². The normalized spacial score (nSPS) is 19.2. The Labute approximate surface area is 138 Å². The van der Waals surface area contributed by atoms with Gasteiger partial charge < -0.3 is 9.47 Å². The van der Waals surface area contributed by atoms with Gasteiger partial charge >= 0.3 is 0 Å². The van der Waals surface area contributed by atoms with E-state index >= 15 is 0 Å². The van der Waals surface area contributed by atoms with Crippen LogP contribution < -0.4 is 0 Å². The molecular weight excluding hydrogens is 284 g/mol. The summed E-state index contributed by atoms with van der Waals surface area (Å²) in [5.74, 6) is 0. The zero-order valence-corrected chi connectivity index (χ0v) is 14.1. The number of aryl methyl sites for hydroxylation is 3. The quantitative estimate of drug-likeness (QED) is 0.727. The van der Waals surface area contributed by atoms with Gasteiger partial charge in [-0.2, -0.15) is 0 Å². The lowest BCUT2D eigenvalue weighted by molar-refractivity contribution is 0.131. The highest BCUT2D eigenvalue weighted by molar-refractivity contribution is 5.89. The second kappa shape index (κ2) is 6.62. The molecule has 0 atom stereocenters. The van der Waals surface area contributed by atoms with E-state index in [1.807, 2.05) is 0 Å². The van der Waals surface area contributed by atoms with Gasteiger partial charge in [0, 0.05) is 13.2 Å². The summed E-state index contributed by atoms with van der Waals surface area (Å²) in [5, 5.41) is 2.87. The minimum Gasteiger partial charge on any atom is -0.381 e. The number of hydrogen-bond acceptors (Lipinski definition) is 2. The molecule has 2 aliphatic heterocycles. The molecule has 0 N–H and O–H groups in total. The van der Waals surface area contributed by atoms with Crippen molar-refractivity contribution in [2.75, 3.05) is 26.4 Å². The molecule has 0 saturated heterocycles. The molecule has 0 aromatic heterocycles. The fraction of sp³-hybridized carbons (Fsp3) is 0.524. The summed E-state index contributed by atoms with van der Waals surface area (Å²) < 4.78 is 11.4. The Hall–Kier alpha value is -1.38. The van der Waals surface area contributed by atoms with E-state index in [-0.39, 0.29) is 0 Å². The minimum absolute atomic E-state index is 0.857. The first-order chi connectivity index (χ1) is 11.3. The molecule has 0 radical (unpaired) electrons. The summed E-state index contributed by atoms with van der Waals surface area (Å²) in [6.45, 7) is 5.82. The van der Waals surface area contributed by atoms with E-state index in [0.29, 0.717) is 0 Å². The van der Waals surface area contributed by atoms with Gasteiger partial charge in [0.2, 0.25) is 0 Å². The van der Waals surface area contributed by atoms with Gasteiger partial charge in [-0.05, 0) is 84.0 Å². The van der Waals surface area contributed by atoms with Crippen LogP contribution in [0.2, 0.25) is 0 Å². The zero-order valence-electron chi connectivity index (χ0n) is 14.1. The Balaban J connectivity index is 1.86. The molecule has 0 fully saturated rings. The highest BCUT2D eigenvalue weighted by atomic mass is 16.5. The molecule has 2 heterocycles. The van der Waals surface area contributed by atoms with E-state index in [1.54, 1.807) is 5.56 Å². The van der Waals surface area contributed by atoms with E-state index in [4.69, 9.17) is 9.47 Å². The summed E-state index contributed by atoms with van der Waals surface area (Å²) in [7, 11) is 0. The van der Waals surface area contributed by atoms with E-state index in [2.05, 4.69) is 25.1 Å². The molecule has 122 valence electrons. The summed E-state index contributed by atoms with van der Waals surface area (Å²) in [5.41, 5.74) is 7.57. The van der Waals surface area contributed by atoms with Crippen molar-refractivity contribution in [2.45, 2.75) is 45.4 Å². The maximum Gasteiger partial charge on any atom is 0.0506 e. The molecule has 2 aliphatic rings. The van der Waals surface area contributed by atoms with Gasteiger partial charge in [-0.25, -0.2) is 0 Å². The van der Waals surface area contributed by atoms with Crippen LogP contribution in [0.5, 0.6) is 0 Å². The van der Waals surface area contributed by atoms with Crippen molar-refractivity contribution in [3.63, 3.8) is 0 Å². The molecule has 0 saturated carbocycles. The van der Waals surface area contributed by atoms with E-state index in [9.17, 15) is 0 Å². The molecule has 2 aromatic carbocycles. The number of benzene rings is 2. The average molecular weight is 310 g/mol. The molecule has 0 amide bonds. The molecule has 23 heavy (non-hydrogen) atoms. The smallest absolute Gasteiger partial charge is 0.0506 e. The van der Waals surface area contributed by atoms with Gasteiger partial charge in [-0.15, -0.1) is 0 Å². The monoisotopic (exact) mass is 310 g/mol.